The third-order valence-corrected chi connectivity index (χ3v) is 1.25. The average molecular weight is 153 g/mol. The summed E-state index contributed by atoms with van der Waals surface area (Å²) in [4.78, 5) is 3.94. The molecule has 3 heteroatoms. The minimum atomic E-state index is 0.610. The van der Waals surface area contributed by atoms with Crippen LogP contribution in [-0.4, -0.2) is 13.0 Å². The highest BCUT2D eigenvalue weighted by Gasteiger charge is 1.95. The van der Waals surface area contributed by atoms with Crippen molar-refractivity contribution in [1.82, 2.24) is 0 Å². The molecule has 3 nitrogen and oxygen atoms in total. The van der Waals surface area contributed by atoms with E-state index in [0.29, 0.717) is 12.5 Å². The van der Waals surface area contributed by atoms with Crippen LogP contribution in [0.15, 0.2) is 21.7 Å². The largest absolute Gasteiger partial charge is 0.483 e. The molecule has 0 aliphatic heterocycles. The van der Waals surface area contributed by atoms with Gasteiger partial charge in [-0.05, 0) is 19.9 Å². The number of nitrogens with zero attached hydrogens (tertiary/aromatic N) is 1. The van der Waals surface area contributed by atoms with Crippen molar-refractivity contribution in [2.45, 2.75) is 13.8 Å². The quantitative estimate of drug-likeness (QED) is 0.493. The molecule has 0 saturated heterocycles. The molecule has 1 heterocycles. The highest BCUT2D eigenvalue weighted by Crippen LogP contribution is 2.17. The molecule has 0 unspecified atom stereocenters. The lowest BCUT2D eigenvalue weighted by molar-refractivity contribution is 0.343. The molecule has 0 spiro atoms. The normalized spacial score (nSPS) is 10.7. The van der Waals surface area contributed by atoms with E-state index in [9.17, 15) is 0 Å². The van der Waals surface area contributed by atoms with Crippen molar-refractivity contribution in [1.29, 1.82) is 0 Å². The summed E-state index contributed by atoms with van der Waals surface area (Å²) in [5.74, 6) is 0.610. The zero-order valence-electron chi connectivity index (χ0n) is 6.70. The van der Waals surface area contributed by atoms with E-state index in [-0.39, 0.29) is 0 Å². The van der Waals surface area contributed by atoms with E-state index in [1.54, 1.807) is 6.26 Å². The second-order valence-electron chi connectivity index (χ2n) is 2.10. The third kappa shape index (κ3) is 2.11. The molecule has 60 valence electrons. The molecule has 0 saturated carbocycles. The molecule has 0 aliphatic rings. The Balaban J connectivity index is 2.56. The summed E-state index contributed by atoms with van der Waals surface area (Å²) in [6, 6.07) is 1.86. The highest BCUT2D eigenvalue weighted by molar-refractivity contribution is 5.53. The van der Waals surface area contributed by atoms with Gasteiger partial charge in [-0.25, -0.2) is 0 Å². The van der Waals surface area contributed by atoms with Crippen molar-refractivity contribution in [3.8, 4) is 0 Å². The fraction of sp³-hybridized carbons (Fsp3) is 0.375. The van der Waals surface area contributed by atoms with Crippen LogP contribution < -0.4 is 0 Å². The van der Waals surface area contributed by atoms with E-state index < -0.39 is 0 Å². The van der Waals surface area contributed by atoms with Gasteiger partial charge < -0.3 is 9.15 Å². The maximum absolute atomic E-state index is 5.03. The zero-order valence-corrected chi connectivity index (χ0v) is 6.70. The molecule has 1 aromatic rings. The maximum atomic E-state index is 5.03. The SMILES string of the molecule is CCO/C=N/c1occc1C. The first-order chi connectivity index (χ1) is 5.34. The van der Waals surface area contributed by atoms with E-state index in [0.717, 1.165) is 5.56 Å². The monoisotopic (exact) mass is 153 g/mol. The molecule has 0 aliphatic carbocycles. The molecular formula is C8H11NO2. The first-order valence-electron chi connectivity index (χ1n) is 3.53. The number of ether oxygens (including phenoxy) is 1. The predicted octanol–water partition coefficient (Wildman–Crippen LogP) is 2.28. The van der Waals surface area contributed by atoms with Crippen molar-refractivity contribution in [2.24, 2.45) is 4.99 Å². The van der Waals surface area contributed by atoms with E-state index in [2.05, 4.69) is 4.99 Å². The summed E-state index contributed by atoms with van der Waals surface area (Å²) in [5, 5.41) is 0. The standard InChI is InChI=1S/C8H11NO2/c1-3-10-6-9-8-7(2)4-5-11-8/h4-6H,3H2,1-2H3/b9-6+. The van der Waals surface area contributed by atoms with Crippen LogP contribution in [0.3, 0.4) is 0 Å². The van der Waals surface area contributed by atoms with Crippen LogP contribution >= 0.6 is 0 Å². The van der Waals surface area contributed by atoms with Crippen molar-refractivity contribution in [3.63, 3.8) is 0 Å². The Kier molecular flexibility index (Phi) is 2.72. The minimum absolute atomic E-state index is 0.610. The van der Waals surface area contributed by atoms with Gasteiger partial charge in [0.25, 0.3) is 0 Å². The second kappa shape index (κ2) is 3.81. The Labute approximate surface area is 65.7 Å². The summed E-state index contributed by atoms with van der Waals surface area (Å²) in [6.45, 7) is 4.46. The van der Waals surface area contributed by atoms with E-state index in [1.165, 1.54) is 6.40 Å². The average Bonchev–Trinajstić information content (AvgIpc) is 2.37. The molecule has 0 fully saturated rings. The number of aliphatic imine (C=N–C) groups is 1. The van der Waals surface area contributed by atoms with Gasteiger partial charge in [-0.15, -0.1) is 0 Å². The Morgan fingerprint density at radius 3 is 3.09 bits per heavy atom. The van der Waals surface area contributed by atoms with Crippen LogP contribution in [0.2, 0.25) is 0 Å². The molecule has 1 aromatic heterocycles. The van der Waals surface area contributed by atoms with E-state index in [1.807, 2.05) is 19.9 Å². The van der Waals surface area contributed by atoms with Crippen molar-refractivity contribution < 1.29 is 9.15 Å². The van der Waals surface area contributed by atoms with E-state index in [4.69, 9.17) is 9.15 Å². The first-order valence-corrected chi connectivity index (χ1v) is 3.53. The molecule has 0 bridgehead atoms. The van der Waals surface area contributed by atoms with Gasteiger partial charge in [0.15, 0.2) is 6.40 Å². The van der Waals surface area contributed by atoms with Crippen molar-refractivity contribution in [2.75, 3.05) is 6.61 Å². The van der Waals surface area contributed by atoms with Gasteiger partial charge in [0.05, 0.1) is 12.9 Å². The van der Waals surface area contributed by atoms with Crippen LogP contribution in [0, 0.1) is 6.92 Å². The molecule has 1 rings (SSSR count). The fourth-order valence-corrected chi connectivity index (χ4v) is 0.657. The van der Waals surface area contributed by atoms with E-state index >= 15 is 0 Å². The number of hydrogen-bond donors (Lipinski definition) is 0. The van der Waals surface area contributed by atoms with Crippen molar-refractivity contribution in [3.05, 3.63) is 17.9 Å². The first kappa shape index (κ1) is 7.85. The van der Waals surface area contributed by atoms with Gasteiger partial charge >= 0.3 is 0 Å². The summed E-state index contributed by atoms with van der Waals surface area (Å²) < 4.78 is 9.94. The molecule has 0 radical (unpaired) electrons. The number of aryl methyl sites for hydroxylation is 1. The lowest BCUT2D eigenvalue weighted by Gasteiger charge is -1.90. The Morgan fingerprint density at radius 2 is 2.55 bits per heavy atom. The Bertz CT molecular complexity index is 240. The summed E-state index contributed by atoms with van der Waals surface area (Å²) in [6.07, 6.45) is 3.00. The van der Waals surface area contributed by atoms with Gasteiger partial charge in [-0.3, -0.25) is 0 Å². The fourth-order valence-electron chi connectivity index (χ4n) is 0.657. The van der Waals surface area contributed by atoms with Crippen molar-refractivity contribution >= 4 is 12.3 Å². The topological polar surface area (TPSA) is 34.7 Å². The molecule has 0 N–H and O–H groups in total. The maximum Gasteiger partial charge on any atom is 0.224 e. The van der Waals surface area contributed by atoms with Gasteiger partial charge in [-0.1, -0.05) is 0 Å². The van der Waals surface area contributed by atoms with Gasteiger partial charge in [0.2, 0.25) is 5.88 Å². The summed E-state index contributed by atoms with van der Waals surface area (Å²) in [7, 11) is 0. The van der Waals surface area contributed by atoms with Gasteiger partial charge in [-0.2, -0.15) is 4.99 Å². The van der Waals surface area contributed by atoms with Crippen LogP contribution in [-0.2, 0) is 4.74 Å². The third-order valence-electron chi connectivity index (χ3n) is 1.25. The lowest BCUT2D eigenvalue weighted by Crippen LogP contribution is -1.83. The molecule has 0 atom stereocenters. The molecule has 0 aromatic carbocycles. The Morgan fingerprint density at radius 1 is 1.73 bits per heavy atom. The molecule has 11 heavy (non-hydrogen) atoms. The molecular weight excluding hydrogens is 142 g/mol. The van der Waals surface area contributed by atoms with Crippen LogP contribution in [0.5, 0.6) is 0 Å². The highest BCUT2D eigenvalue weighted by atomic mass is 16.5. The molecule has 0 amide bonds. The number of hydrogen-bond acceptors (Lipinski definition) is 3. The predicted molar refractivity (Wildman–Crippen MR) is 43.2 cm³/mol. The lowest BCUT2D eigenvalue weighted by atomic mass is 10.4. The zero-order chi connectivity index (χ0) is 8.10. The second-order valence-corrected chi connectivity index (χ2v) is 2.10. The summed E-state index contributed by atoms with van der Waals surface area (Å²) in [5.41, 5.74) is 1.01. The smallest absolute Gasteiger partial charge is 0.224 e. The van der Waals surface area contributed by atoms with Gasteiger partial charge in [0, 0.05) is 5.56 Å². The van der Waals surface area contributed by atoms with Crippen LogP contribution in [0.4, 0.5) is 5.88 Å². The number of rotatable bonds is 3. The Hall–Kier alpha value is -1.25. The number of furan rings is 1. The van der Waals surface area contributed by atoms with Crippen LogP contribution in [0.1, 0.15) is 12.5 Å². The van der Waals surface area contributed by atoms with Gasteiger partial charge in [0.1, 0.15) is 0 Å². The van der Waals surface area contributed by atoms with Crippen LogP contribution in [0.25, 0.3) is 0 Å². The summed E-state index contributed by atoms with van der Waals surface area (Å²) >= 11 is 0. The minimum Gasteiger partial charge on any atom is -0.483 e.